The second kappa shape index (κ2) is 8.29. The second-order valence-corrected chi connectivity index (χ2v) is 4.47. The van der Waals surface area contributed by atoms with Crippen molar-refractivity contribution in [3.8, 4) is 0 Å². The highest BCUT2D eigenvalue weighted by molar-refractivity contribution is 6.03. The van der Waals surface area contributed by atoms with Crippen LogP contribution in [0.3, 0.4) is 0 Å². The Kier molecular flexibility index (Phi) is 6.64. The van der Waals surface area contributed by atoms with E-state index < -0.39 is 0 Å². The highest BCUT2D eigenvalue weighted by Crippen LogP contribution is 2.06. The summed E-state index contributed by atoms with van der Waals surface area (Å²) in [5.74, 6) is -0.356. The topological polar surface area (TPSA) is 49.4 Å². The first-order valence-electron chi connectivity index (χ1n) is 6.80. The lowest BCUT2D eigenvalue weighted by molar-refractivity contribution is -0.134. The molecule has 0 aliphatic heterocycles. The fourth-order valence-electron chi connectivity index (χ4n) is 1.88. The summed E-state index contributed by atoms with van der Waals surface area (Å²) in [4.78, 5) is 25.5. The smallest absolute Gasteiger partial charge is 0.233 e. The SMILES string of the molecule is CCCN(CCC)C(=O)CC(=O)Nc1ccccc1. The van der Waals surface area contributed by atoms with Gasteiger partial charge < -0.3 is 10.2 Å². The van der Waals surface area contributed by atoms with Gasteiger partial charge in [0.15, 0.2) is 0 Å². The highest BCUT2D eigenvalue weighted by Gasteiger charge is 2.15. The van der Waals surface area contributed by atoms with Gasteiger partial charge in [0.1, 0.15) is 6.42 Å². The van der Waals surface area contributed by atoms with Gasteiger partial charge >= 0.3 is 0 Å². The van der Waals surface area contributed by atoms with E-state index in [1.165, 1.54) is 0 Å². The number of carbonyl (C=O) groups is 2. The Morgan fingerprint density at radius 1 is 1.05 bits per heavy atom. The third-order valence-electron chi connectivity index (χ3n) is 2.71. The molecule has 0 saturated heterocycles. The maximum atomic E-state index is 12.0. The molecular weight excluding hydrogens is 240 g/mol. The van der Waals surface area contributed by atoms with Crippen LogP contribution >= 0.6 is 0 Å². The van der Waals surface area contributed by atoms with Gasteiger partial charge in [-0.25, -0.2) is 0 Å². The Balaban J connectivity index is 2.48. The molecule has 4 nitrogen and oxygen atoms in total. The lowest BCUT2D eigenvalue weighted by Gasteiger charge is -2.21. The Hall–Kier alpha value is -1.84. The normalized spacial score (nSPS) is 10.0. The van der Waals surface area contributed by atoms with Crippen LogP contribution in [0.25, 0.3) is 0 Å². The molecule has 0 heterocycles. The molecule has 0 bridgehead atoms. The number of carbonyl (C=O) groups excluding carboxylic acids is 2. The molecule has 2 amide bonds. The molecule has 0 aliphatic carbocycles. The molecule has 0 fully saturated rings. The van der Waals surface area contributed by atoms with Gasteiger partial charge in [-0.2, -0.15) is 0 Å². The molecule has 0 aliphatic rings. The molecule has 0 radical (unpaired) electrons. The van der Waals surface area contributed by atoms with Gasteiger partial charge in [-0.05, 0) is 25.0 Å². The summed E-state index contributed by atoms with van der Waals surface area (Å²) in [5, 5.41) is 2.73. The van der Waals surface area contributed by atoms with E-state index in [9.17, 15) is 9.59 Å². The van der Waals surface area contributed by atoms with Crippen molar-refractivity contribution in [3.05, 3.63) is 30.3 Å². The first-order chi connectivity index (χ1) is 9.17. The molecule has 4 heteroatoms. The minimum Gasteiger partial charge on any atom is -0.342 e. The number of nitrogens with one attached hydrogen (secondary N) is 1. The molecule has 1 aromatic carbocycles. The second-order valence-electron chi connectivity index (χ2n) is 4.47. The predicted octanol–water partition coefficient (Wildman–Crippen LogP) is 2.66. The summed E-state index contributed by atoms with van der Waals surface area (Å²) < 4.78 is 0. The van der Waals surface area contributed by atoms with Crippen molar-refractivity contribution >= 4 is 17.5 Å². The highest BCUT2D eigenvalue weighted by atomic mass is 16.2. The quantitative estimate of drug-likeness (QED) is 0.768. The van der Waals surface area contributed by atoms with Crippen molar-refractivity contribution in [1.82, 2.24) is 4.90 Å². The van der Waals surface area contributed by atoms with Crippen molar-refractivity contribution in [2.75, 3.05) is 18.4 Å². The zero-order valence-electron chi connectivity index (χ0n) is 11.7. The fourth-order valence-corrected chi connectivity index (χ4v) is 1.88. The van der Waals surface area contributed by atoms with Gasteiger partial charge in [0.2, 0.25) is 11.8 Å². The van der Waals surface area contributed by atoms with E-state index in [2.05, 4.69) is 5.32 Å². The molecule has 1 rings (SSSR count). The molecule has 104 valence electrons. The van der Waals surface area contributed by atoms with Crippen LogP contribution in [0.2, 0.25) is 0 Å². The van der Waals surface area contributed by atoms with Crippen LogP contribution < -0.4 is 5.32 Å². The van der Waals surface area contributed by atoms with Crippen LogP contribution in [-0.4, -0.2) is 29.8 Å². The molecule has 1 N–H and O–H groups in total. The Bertz CT molecular complexity index is 398. The van der Waals surface area contributed by atoms with Gasteiger partial charge in [-0.1, -0.05) is 32.0 Å². The van der Waals surface area contributed by atoms with E-state index >= 15 is 0 Å². The molecule has 19 heavy (non-hydrogen) atoms. The van der Waals surface area contributed by atoms with E-state index in [0.717, 1.165) is 18.5 Å². The van der Waals surface area contributed by atoms with Crippen LogP contribution in [0.15, 0.2) is 30.3 Å². The Morgan fingerprint density at radius 2 is 1.63 bits per heavy atom. The van der Waals surface area contributed by atoms with E-state index in [1.54, 1.807) is 17.0 Å². The number of nitrogens with zero attached hydrogens (tertiary/aromatic N) is 1. The number of amides is 2. The summed E-state index contributed by atoms with van der Waals surface area (Å²) in [7, 11) is 0. The molecule has 0 saturated carbocycles. The van der Waals surface area contributed by atoms with Crippen molar-refractivity contribution in [2.24, 2.45) is 0 Å². The van der Waals surface area contributed by atoms with Crippen LogP contribution in [0, 0.1) is 0 Å². The van der Waals surface area contributed by atoms with Crippen LogP contribution in [0.1, 0.15) is 33.1 Å². The zero-order valence-corrected chi connectivity index (χ0v) is 11.7. The third kappa shape index (κ3) is 5.55. The molecule has 0 atom stereocenters. The van der Waals surface area contributed by atoms with Gasteiger partial charge in [0.05, 0.1) is 0 Å². The van der Waals surface area contributed by atoms with Gasteiger partial charge in [-0.15, -0.1) is 0 Å². The van der Waals surface area contributed by atoms with Gasteiger partial charge in [-0.3, -0.25) is 9.59 Å². The summed E-state index contributed by atoms with van der Waals surface area (Å²) in [6.07, 6.45) is 1.73. The molecule has 0 spiro atoms. The van der Waals surface area contributed by atoms with Crippen molar-refractivity contribution in [1.29, 1.82) is 0 Å². The summed E-state index contributed by atoms with van der Waals surface area (Å²) in [6.45, 7) is 5.48. The van der Waals surface area contributed by atoms with E-state index in [-0.39, 0.29) is 18.2 Å². The molecule has 0 unspecified atom stereocenters. The largest absolute Gasteiger partial charge is 0.342 e. The molecular formula is C15H22N2O2. The van der Waals surface area contributed by atoms with Gasteiger partial charge in [0, 0.05) is 18.8 Å². The summed E-state index contributed by atoms with van der Waals surface area (Å²) in [6, 6.07) is 9.18. The number of anilines is 1. The standard InChI is InChI=1S/C15H22N2O2/c1-3-10-17(11-4-2)15(19)12-14(18)16-13-8-6-5-7-9-13/h5-9H,3-4,10-12H2,1-2H3,(H,16,18). The maximum absolute atomic E-state index is 12.0. The third-order valence-corrected chi connectivity index (χ3v) is 2.71. The van der Waals surface area contributed by atoms with E-state index in [4.69, 9.17) is 0 Å². The Morgan fingerprint density at radius 3 is 2.16 bits per heavy atom. The fraction of sp³-hybridized carbons (Fsp3) is 0.467. The monoisotopic (exact) mass is 262 g/mol. The number of para-hydroxylation sites is 1. The van der Waals surface area contributed by atoms with Crippen LogP contribution in [0.5, 0.6) is 0 Å². The zero-order chi connectivity index (χ0) is 14.1. The predicted molar refractivity (Wildman–Crippen MR) is 76.9 cm³/mol. The average Bonchev–Trinajstić information content (AvgIpc) is 2.39. The lowest BCUT2D eigenvalue weighted by atomic mass is 10.2. The van der Waals surface area contributed by atoms with E-state index in [0.29, 0.717) is 13.1 Å². The lowest BCUT2D eigenvalue weighted by Crippen LogP contribution is -2.35. The number of rotatable bonds is 7. The number of benzene rings is 1. The van der Waals surface area contributed by atoms with Crippen LogP contribution in [-0.2, 0) is 9.59 Å². The maximum Gasteiger partial charge on any atom is 0.233 e. The number of hydrogen-bond donors (Lipinski definition) is 1. The van der Waals surface area contributed by atoms with Crippen molar-refractivity contribution < 1.29 is 9.59 Å². The van der Waals surface area contributed by atoms with Crippen LogP contribution in [0.4, 0.5) is 5.69 Å². The number of hydrogen-bond acceptors (Lipinski definition) is 2. The summed E-state index contributed by atoms with van der Waals surface area (Å²) in [5.41, 5.74) is 0.720. The first kappa shape index (κ1) is 15.2. The van der Waals surface area contributed by atoms with E-state index in [1.807, 2.05) is 32.0 Å². The minimum atomic E-state index is -0.256. The average molecular weight is 262 g/mol. The van der Waals surface area contributed by atoms with Crippen molar-refractivity contribution in [3.63, 3.8) is 0 Å². The van der Waals surface area contributed by atoms with Crippen molar-refractivity contribution in [2.45, 2.75) is 33.1 Å². The molecule has 1 aromatic rings. The summed E-state index contributed by atoms with van der Waals surface area (Å²) >= 11 is 0. The minimum absolute atomic E-state index is 0.0884. The molecule has 0 aromatic heterocycles. The Labute approximate surface area is 114 Å². The van der Waals surface area contributed by atoms with Gasteiger partial charge in [0.25, 0.3) is 0 Å². The first-order valence-corrected chi connectivity index (χ1v) is 6.80.